The van der Waals surface area contributed by atoms with Crippen LogP contribution in [0.25, 0.3) is 0 Å². The van der Waals surface area contributed by atoms with E-state index in [-0.39, 0.29) is 23.5 Å². The van der Waals surface area contributed by atoms with Gasteiger partial charge in [0.1, 0.15) is 11.5 Å². The number of hydrogen-bond acceptors (Lipinski definition) is 4. The van der Waals surface area contributed by atoms with Crippen LogP contribution in [0.1, 0.15) is 15.9 Å². The normalized spacial score (nSPS) is 10.2. The first-order chi connectivity index (χ1) is 10.0. The Labute approximate surface area is 127 Å². The predicted molar refractivity (Wildman–Crippen MR) is 81.7 cm³/mol. The largest absolute Gasteiger partial charge is 0.508 e. The average molecular weight is 307 g/mol. The first-order valence-electron chi connectivity index (χ1n) is 6.21. The van der Waals surface area contributed by atoms with Crippen molar-refractivity contribution in [3.8, 4) is 11.5 Å². The van der Waals surface area contributed by atoms with Gasteiger partial charge in [0, 0.05) is 22.8 Å². The van der Waals surface area contributed by atoms with E-state index in [0.717, 1.165) is 0 Å². The van der Waals surface area contributed by atoms with Gasteiger partial charge in [0.15, 0.2) is 0 Å². The second-order valence-electron chi connectivity index (χ2n) is 4.37. The number of anilines is 1. The molecule has 1 amide bonds. The van der Waals surface area contributed by atoms with Crippen LogP contribution in [0.15, 0.2) is 36.4 Å². The zero-order valence-corrected chi connectivity index (χ0v) is 12.1. The Morgan fingerprint density at radius 3 is 2.86 bits per heavy atom. The highest BCUT2D eigenvalue weighted by atomic mass is 35.5. The fourth-order valence-corrected chi connectivity index (χ4v) is 2.14. The van der Waals surface area contributed by atoms with Gasteiger partial charge in [0.25, 0.3) is 5.91 Å². The molecule has 0 heterocycles. The minimum Gasteiger partial charge on any atom is -0.508 e. The van der Waals surface area contributed by atoms with Crippen LogP contribution < -0.4 is 15.8 Å². The van der Waals surface area contributed by atoms with Gasteiger partial charge >= 0.3 is 0 Å². The van der Waals surface area contributed by atoms with E-state index in [1.54, 1.807) is 18.2 Å². The molecule has 110 valence electrons. The molecule has 0 spiro atoms. The molecule has 2 aromatic carbocycles. The molecule has 4 N–H and O–H groups in total. The first-order valence-corrected chi connectivity index (χ1v) is 6.58. The number of rotatable bonds is 4. The standard InChI is InChI=1S/C15H15ClN2O3/c1-21-14-4-2-3-12(16)11(14)8-18-15(20)10-7-9(19)5-6-13(10)17/h2-7,19H,8,17H2,1H3,(H,18,20). The lowest BCUT2D eigenvalue weighted by atomic mass is 10.1. The second-order valence-corrected chi connectivity index (χ2v) is 4.78. The van der Waals surface area contributed by atoms with Crippen LogP contribution >= 0.6 is 11.6 Å². The maximum absolute atomic E-state index is 12.1. The molecule has 0 aliphatic rings. The van der Waals surface area contributed by atoms with Crippen molar-refractivity contribution in [2.24, 2.45) is 0 Å². The van der Waals surface area contributed by atoms with E-state index in [2.05, 4.69) is 5.32 Å². The van der Waals surface area contributed by atoms with Crippen LogP contribution in [-0.2, 0) is 6.54 Å². The molecule has 6 heteroatoms. The number of halogens is 1. The fraction of sp³-hybridized carbons (Fsp3) is 0.133. The quantitative estimate of drug-likeness (QED) is 0.598. The molecule has 0 atom stereocenters. The summed E-state index contributed by atoms with van der Waals surface area (Å²) in [5.41, 5.74) is 6.89. The lowest BCUT2D eigenvalue weighted by molar-refractivity contribution is 0.0951. The third-order valence-electron chi connectivity index (χ3n) is 3.00. The summed E-state index contributed by atoms with van der Waals surface area (Å²) in [6, 6.07) is 9.45. The summed E-state index contributed by atoms with van der Waals surface area (Å²) in [4.78, 5) is 12.1. The molecule has 0 saturated heterocycles. The van der Waals surface area contributed by atoms with Gasteiger partial charge in [-0.25, -0.2) is 0 Å². The molecule has 0 unspecified atom stereocenters. The number of nitrogens with one attached hydrogen (secondary N) is 1. The Morgan fingerprint density at radius 2 is 2.14 bits per heavy atom. The number of hydrogen-bond donors (Lipinski definition) is 3. The summed E-state index contributed by atoms with van der Waals surface area (Å²) in [5, 5.41) is 12.6. The summed E-state index contributed by atoms with van der Waals surface area (Å²) in [7, 11) is 1.53. The summed E-state index contributed by atoms with van der Waals surface area (Å²) in [5.74, 6) is 0.168. The number of phenolic OH excluding ortho intramolecular Hbond substituents is 1. The number of carbonyl (C=O) groups excluding carboxylic acids is 1. The maximum atomic E-state index is 12.1. The first kappa shape index (κ1) is 15.0. The minimum atomic E-state index is -0.398. The molecular weight excluding hydrogens is 292 g/mol. The number of ether oxygens (including phenoxy) is 1. The lowest BCUT2D eigenvalue weighted by Gasteiger charge is -2.12. The molecule has 0 aliphatic heterocycles. The van der Waals surface area contributed by atoms with Crippen LogP contribution in [0.4, 0.5) is 5.69 Å². The zero-order valence-electron chi connectivity index (χ0n) is 11.4. The number of amides is 1. The molecule has 0 aromatic heterocycles. The Kier molecular flexibility index (Phi) is 4.55. The highest BCUT2D eigenvalue weighted by molar-refractivity contribution is 6.31. The fourth-order valence-electron chi connectivity index (χ4n) is 1.91. The van der Waals surface area contributed by atoms with Gasteiger partial charge < -0.3 is 20.9 Å². The van der Waals surface area contributed by atoms with Gasteiger partial charge in [0.05, 0.1) is 12.7 Å². The van der Waals surface area contributed by atoms with Crippen molar-refractivity contribution in [2.75, 3.05) is 12.8 Å². The van der Waals surface area contributed by atoms with E-state index in [1.165, 1.54) is 25.3 Å². The number of carbonyl (C=O) groups is 1. The van der Waals surface area contributed by atoms with Crippen molar-refractivity contribution in [1.29, 1.82) is 0 Å². The Bertz CT molecular complexity index is 674. The summed E-state index contributed by atoms with van der Waals surface area (Å²) in [6.45, 7) is 0.191. The van der Waals surface area contributed by atoms with Crippen LogP contribution in [-0.4, -0.2) is 18.1 Å². The number of benzene rings is 2. The Hall–Kier alpha value is -2.40. The topological polar surface area (TPSA) is 84.6 Å². The van der Waals surface area contributed by atoms with E-state index >= 15 is 0 Å². The summed E-state index contributed by atoms with van der Waals surface area (Å²) in [6.07, 6.45) is 0. The maximum Gasteiger partial charge on any atom is 0.253 e. The number of phenols is 1. The van der Waals surface area contributed by atoms with Crippen molar-refractivity contribution >= 4 is 23.2 Å². The molecule has 0 radical (unpaired) electrons. The zero-order chi connectivity index (χ0) is 15.4. The molecule has 0 saturated carbocycles. The van der Waals surface area contributed by atoms with Crippen molar-refractivity contribution in [1.82, 2.24) is 5.32 Å². The molecule has 2 aromatic rings. The van der Waals surface area contributed by atoms with E-state index < -0.39 is 5.91 Å². The highest BCUT2D eigenvalue weighted by Gasteiger charge is 2.13. The Balaban J connectivity index is 2.17. The van der Waals surface area contributed by atoms with Gasteiger partial charge in [-0.15, -0.1) is 0 Å². The molecule has 2 rings (SSSR count). The lowest BCUT2D eigenvalue weighted by Crippen LogP contribution is -2.24. The average Bonchev–Trinajstić information content (AvgIpc) is 2.47. The van der Waals surface area contributed by atoms with E-state index in [0.29, 0.717) is 16.3 Å². The number of aromatic hydroxyl groups is 1. The van der Waals surface area contributed by atoms with Crippen LogP contribution in [0, 0.1) is 0 Å². The van der Waals surface area contributed by atoms with E-state index in [1.807, 2.05) is 0 Å². The Morgan fingerprint density at radius 1 is 1.38 bits per heavy atom. The van der Waals surface area contributed by atoms with Gasteiger partial charge in [0.2, 0.25) is 0 Å². The SMILES string of the molecule is COc1cccc(Cl)c1CNC(=O)c1cc(O)ccc1N. The van der Waals surface area contributed by atoms with Crippen molar-refractivity contribution in [3.05, 3.63) is 52.5 Å². The van der Waals surface area contributed by atoms with Gasteiger partial charge in [-0.2, -0.15) is 0 Å². The monoisotopic (exact) mass is 306 g/mol. The smallest absolute Gasteiger partial charge is 0.253 e. The second kappa shape index (κ2) is 6.37. The third kappa shape index (κ3) is 3.38. The van der Waals surface area contributed by atoms with Gasteiger partial charge in [-0.1, -0.05) is 17.7 Å². The van der Waals surface area contributed by atoms with E-state index in [9.17, 15) is 9.90 Å². The van der Waals surface area contributed by atoms with Gasteiger partial charge in [-0.3, -0.25) is 4.79 Å². The van der Waals surface area contributed by atoms with Crippen molar-refractivity contribution in [3.63, 3.8) is 0 Å². The molecule has 0 fully saturated rings. The molecule has 0 bridgehead atoms. The molecule has 0 aliphatic carbocycles. The summed E-state index contributed by atoms with van der Waals surface area (Å²) >= 11 is 6.10. The number of methoxy groups -OCH3 is 1. The van der Waals surface area contributed by atoms with E-state index in [4.69, 9.17) is 22.1 Å². The van der Waals surface area contributed by atoms with Gasteiger partial charge in [-0.05, 0) is 30.3 Å². The van der Waals surface area contributed by atoms with Crippen LogP contribution in [0.3, 0.4) is 0 Å². The molecular formula is C15H15ClN2O3. The third-order valence-corrected chi connectivity index (χ3v) is 3.36. The highest BCUT2D eigenvalue weighted by Crippen LogP contribution is 2.26. The number of nitrogen functional groups attached to an aromatic ring is 1. The van der Waals surface area contributed by atoms with Crippen LogP contribution in [0.5, 0.6) is 11.5 Å². The molecule has 21 heavy (non-hydrogen) atoms. The number of nitrogens with two attached hydrogens (primary N) is 1. The summed E-state index contributed by atoms with van der Waals surface area (Å²) < 4.78 is 5.21. The van der Waals surface area contributed by atoms with Crippen molar-refractivity contribution in [2.45, 2.75) is 6.54 Å². The predicted octanol–water partition coefficient (Wildman–Crippen LogP) is 2.57. The van der Waals surface area contributed by atoms with Crippen LogP contribution in [0.2, 0.25) is 5.02 Å². The minimum absolute atomic E-state index is 0.0234. The molecule has 5 nitrogen and oxygen atoms in total. The van der Waals surface area contributed by atoms with Crippen molar-refractivity contribution < 1.29 is 14.6 Å².